The Morgan fingerprint density at radius 1 is 0.692 bits per heavy atom. The van der Waals surface area contributed by atoms with Crippen molar-refractivity contribution in [3.8, 4) is 22.4 Å². The van der Waals surface area contributed by atoms with Gasteiger partial charge in [0, 0.05) is 16.3 Å². The number of hydrogen-bond donors (Lipinski definition) is 0. The van der Waals surface area contributed by atoms with Crippen molar-refractivity contribution in [2.24, 2.45) is 0 Å². The highest BCUT2D eigenvalue weighted by Crippen LogP contribution is 2.36. The lowest BCUT2D eigenvalue weighted by Crippen LogP contribution is -1.90. The van der Waals surface area contributed by atoms with Crippen LogP contribution in [0.15, 0.2) is 89.3 Å². The Balaban J connectivity index is 1.77. The topological polar surface area (TPSA) is 26.0 Å². The molecule has 2 heterocycles. The molecule has 0 aliphatic rings. The zero-order valence-electron chi connectivity index (χ0n) is 13.8. The fourth-order valence-electron chi connectivity index (χ4n) is 3.38. The van der Waals surface area contributed by atoms with Crippen molar-refractivity contribution in [3.05, 3.63) is 88.6 Å². The number of aromatic nitrogens is 1. The predicted molar refractivity (Wildman–Crippen MR) is 115 cm³/mol. The molecule has 0 unspecified atom stereocenters. The lowest BCUT2D eigenvalue weighted by Gasteiger charge is -2.07. The quantitative estimate of drug-likeness (QED) is 0.217. The first-order chi connectivity index (χ1) is 12.8. The van der Waals surface area contributed by atoms with Crippen LogP contribution in [-0.2, 0) is 0 Å². The minimum atomic E-state index is 0.891. The van der Waals surface area contributed by atoms with Crippen LogP contribution in [0.25, 0.3) is 44.3 Å². The molecule has 0 fully saturated rings. The molecular weight excluding hydrogens is 433 g/mol. The van der Waals surface area contributed by atoms with Gasteiger partial charge < -0.3 is 4.42 Å². The van der Waals surface area contributed by atoms with E-state index in [9.17, 15) is 0 Å². The van der Waals surface area contributed by atoms with Crippen molar-refractivity contribution in [2.45, 2.75) is 0 Å². The lowest BCUT2D eigenvalue weighted by molar-refractivity contribution is 0.670. The number of nitrogens with zero attached hydrogens (tertiary/aromatic N) is 1. The summed E-state index contributed by atoms with van der Waals surface area (Å²) in [5, 5.41) is 2.26. The smallest absolute Gasteiger partial charge is 0.144 e. The Hall–Kier alpha value is -2.66. The Morgan fingerprint density at radius 2 is 1.46 bits per heavy atom. The molecule has 0 aliphatic carbocycles. The molecule has 5 aromatic rings. The predicted octanol–water partition coefficient (Wildman–Crippen LogP) is 6.92. The molecule has 0 aliphatic heterocycles. The normalized spacial score (nSPS) is 11.3. The number of benzene rings is 3. The first-order valence-electron chi connectivity index (χ1n) is 8.43. The lowest BCUT2D eigenvalue weighted by atomic mass is 10.0. The molecule has 0 amide bonds. The molecule has 5 rings (SSSR count). The summed E-state index contributed by atoms with van der Waals surface area (Å²) in [5.41, 5.74) is 6.10. The van der Waals surface area contributed by atoms with Gasteiger partial charge in [-0.3, -0.25) is 0 Å². The van der Waals surface area contributed by atoms with Crippen molar-refractivity contribution in [1.82, 2.24) is 4.98 Å². The number of pyridine rings is 1. The second-order valence-corrected chi connectivity index (χ2v) is 7.32. The summed E-state index contributed by atoms with van der Waals surface area (Å²) in [4.78, 5) is 4.78. The number of furan rings is 1. The zero-order chi connectivity index (χ0) is 17.5. The Bertz CT molecular complexity index is 1240. The van der Waals surface area contributed by atoms with Gasteiger partial charge in [0.25, 0.3) is 0 Å². The highest BCUT2D eigenvalue weighted by atomic mass is 127. The van der Waals surface area contributed by atoms with E-state index in [1.807, 2.05) is 24.3 Å². The van der Waals surface area contributed by atoms with Crippen molar-refractivity contribution in [2.75, 3.05) is 0 Å². The van der Waals surface area contributed by atoms with E-state index in [-0.39, 0.29) is 0 Å². The number of hydrogen-bond acceptors (Lipinski definition) is 2. The fourth-order valence-corrected chi connectivity index (χ4v) is 3.98. The largest absolute Gasteiger partial charge is 0.455 e. The maximum Gasteiger partial charge on any atom is 0.144 e. The summed E-state index contributed by atoms with van der Waals surface area (Å²) in [5.74, 6) is 0. The van der Waals surface area contributed by atoms with Crippen LogP contribution in [0.2, 0.25) is 0 Å². The average Bonchev–Trinajstić information content (AvgIpc) is 3.07. The maximum atomic E-state index is 6.18. The molecule has 0 bridgehead atoms. The molecule has 124 valence electrons. The molecule has 2 aromatic heterocycles. The summed E-state index contributed by atoms with van der Waals surface area (Å²) in [6, 6.07) is 29.1. The van der Waals surface area contributed by atoms with Gasteiger partial charge in [0.1, 0.15) is 14.9 Å². The Kier molecular flexibility index (Phi) is 3.75. The second-order valence-electron chi connectivity index (χ2n) is 6.21. The van der Waals surface area contributed by atoms with Gasteiger partial charge in [-0.05, 0) is 58.0 Å². The zero-order valence-corrected chi connectivity index (χ0v) is 16.0. The molecule has 3 heteroatoms. The van der Waals surface area contributed by atoms with E-state index >= 15 is 0 Å². The summed E-state index contributed by atoms with van der Waals surface area (Å²) >= 11 is 2.28. The van der Waals surface area contributed by atoms with Gasteiger partial charge in [0.05, 0.1) is 5.69 Å². The molecule has 0 saturated carbocycles. The third kappa shape index (κ3) is 2.59. The molecule has 0 spiro atoms. The van der Waals surface area contributed by atoms with Crippen molar-refractivity contribution in [1.29, 1.82) is 0 Å². The molecule has 2 nitrogen and oxygen atoms in total. The highest BCUT2D eigenvalue weighted by molar-refractivity contribution is 14.1. The summed E-state index contributed by atoms with van der Waals surface area (Å²) in [6.45, 7) is 0. The molecule has 0 N–H and O–H groups in total. The van der Waals surface area contributed by atoms with Gasteiger partial charge in [-0.2, -0.15) is 0 Å². The SMILES string of the molecule is Ic1cc(-c2ccccc2)cc(-c2cccc3c2oc2ccccc23)n1. The van der Waals surface area contributed by atoms with E-state index in [2.05, 4.69) is 83.3 Å². The monoisotopic (exact) mass is 447 g/mol. The number of para-hydroxylation sites is 2. The van der Waals surface area contributed by atoms with E-state index in [4.69, 9.17) is 9.40 Å². The van der Waals surface area contributed by atoms with Crippen LogP contribution < -0.4 is 0 Å². The van der Waals surface area contributed by atoms with Crippen LogP contribution in [0.4, 0.5) is 0 Å². The molecule has 0 atom stereocenters. The van der Waals surface area contributed by atoms with Crippen LogP contribution in [0, 0.1) is 3.70 Å². The Labute approximate surface area is 164 Å². The average molecular weight is 447 g/mol. The van der Waals surface area contributed by atoms with Crippen LogP contribution in [0.1, 0.15) is 0 Å². The van der Waals surface area contributed by atoms with Crippen LogP contribution in [-0.4, -0.2) is 4.98 Å². The van der Waals surface area contributed by atoms with Crippen molar-refractivity contribution < 1.29 is 4.42 Å². The first-order valence-corrected chi connectivity index (χ1v) is 9.51. The van der Waals surface area contributed by atoms with Gasteiger partial charge in [-0.15, -0.1) is 0 Å². The fraction of sp³-hybridized carbons (Fsp3) is 0. The van der Waals surface area contributed by atoms with Gasteiger partial charge >= 0.3 is 0 Å². The minimum Gasteiger partial charge on any atom is -0.455 e. The Morgan fingerprint density at radius 3 is 2.35 bits per heavy atom. The number of rotatable bonds is 2. The van der Waals surface area contributed by atoms with Crippen molar-refractivity contribution >= 4 is 44.5 Å². The second kappa shape index (κ2) is 6.25. The number of halogens is 1. The summed E-state index contributed by atoms with van der Waals surface area (Å²) < 4.78 is 7.15. The third-order valence-electron chi connectivity index (χ3n) is 4.58. The molecular formula is C23H14INO. The minimum absolute atomic E-state index is 0.891. The third-order valence-corrected chi connectivity index (χ3v) is 5.13. The van der Waals surface area contributed by atoms with Gasteiger partial charge in [-0.1, -0.05) is 60.7 Å². The maximum absolute atomic E-state index is 6.18. The molecule has 26 heavy (non-hydrogen) atoms. The van der Waals surface area contributed by atoms with Crippen molar-refractivity contribution in [3.63, 3.8) is 0 Å². The summed E-state index contributed by atoms with van der Waals surface area (Å²) in [6.07, 6.45) is 0. The van der Waals surface area contributed by atoms with Crippen LogP contribution in [0.3, 0.4) is 0 Å². The van der Waals surface area contributed by atoms with Gasteiger partial charge in [0.2, 0.25) is 0 Å². The van der Waals surface area contributed by atoms with Crippen LogP contribution >= 0.6 is 22.6 Å². The van der Waals surface area contributed by atoms with E-state index in [1.54, 1.807) is 0 Å². The molecule has 0 radical (unpaired) electrons. The van der Waals surface area contributed by atoms with E-state index in [1.165, 1.54) is 5.56 Å². The summed E-state index contributed by atoms with van der Waals surface area (Å²) in [7, 11) is 0. The highest BCUT2D eigenvalue weighted by Gasteiger charge is 2.14. The van der Waals surface area contributed by atoms with Gasteiger partial charge in [0.15, 0.2) is 0 Å². The number of fused-ring (bicyclic) bond motifs is 3. The van der Waals surface area contributed by atoms with E-state index in [0.29, 0.717) is 0 Å². The first kappa shape index (κ1) is 15.6. The standard InChI is InChI=1S/C23H14INO/c24-22-14-16(15-7-2-1-3-8-15)13-20(25-22)19-11-6-10-18-17-9-4-5-12-21(17)26-23(18)19/h1-14H. The molecule has 0 saturated heterocycles. The van der Waals surface area contributed by atoms with Crippen LogP contribution in [0.5, 0.6) is 0 Å². The van der Waals surface area contributed by atoms with E-state index < -0.39 is 0 Å². The molecule has 3 aromatic carbocycles. The van der Waals surface area contributed by atoms with Gasteiger partial charge in [-0.25, -0.2) is 4.98 Å². The van der Waals surface area contributed by atoms with E-state index in [0.717, 1.165) is 42.5 Å².